The van der Waals surface area contributed by atoms with Crippen molar-refractivity contribution in [3.63, 3.8) is 0 Å². The number of rotatable bonds is 8. The van der Waals surface area contributed by atoms with E-state index < -0.39 is 10.0 Å². The Morgan fingerprint density at radius 2 is 2.03 bits per heavy atom. The smallest absolute Gasteiger partial charge is 0.263 e. The molecular weight excluding hydrogens is 420 g/mol. The van der Waals surface area contributed by atoms with Crippen LogP contribution >= 0.6 is 0 Å². The van der Waals surface area contributed by atoms with E-state index in [9.17, 15) is 8.42 Å². The van der Waals surface area contributed by atoms with Crippen molar-refractivity contribution in [2.45, 2.75) is 30.4 Å². The van der Waals surface area contributed by atoms with Crippen molar-refractivity contribution in [2.24, 2.45) is 0 Å². The molecule has 1 fully saturated rings. The number of benzene rings is 2. The number of hydrogen-bond donors (Lipinski definition) is 1. The lowest BCUT2D eigenvalue weighted by Gasteiger charge is -2.09. The average molecular weight is 440 g/mol. The molecule has 2 aromatic heterocycles. The number of methoxy groups -OCH3 is 1. The van der Waals surface area contributed by atoms with Gasteiger partial charge in [-0.1, -0.05) is 5.16 Å². The molecule has 0 bridgehead atoms. The third-order valence-corrected chi connectivity index (χ3v) is 6.27. The molecule has 2 heterocycles. The molecule has 31 heavy (non-hydrogen) atoms. The van der Waals surface area contributed by atoms with Crippen LogP contribution in [0.15, 0.2) is 64.3 Å². The van der Waals surface area contributed by atoms with Gasteiger partial charge >= 0.3 is 0 Å². The summed E-state index contributed by atoms with van der Waals surface area (Å²) in [5.74, 6) is 1.17. The Kier molecular flexibility index (Phi) is 4.78. The third-order valence-electron chi connectivity index (χ3n) is 4.91. The fourth-order valence-electron chi connectivity index (χ4n) is 3.25. The van der Waals surface area contributed by atoms with E-state index in [1.807, 2.05) is 18.3 Å². The molecule has 1 N–H and O–H groups in total. The molecule has 4 aromatic rings. The number of anilines is 1. The Balaban J connectivity index is 1.42. The molecule has 0 spiro atoms. The highest BCUT2D eigenvalue weighted by Gasteiger charge is 2.24. The van der Waals surface area contributed by atoms with Crippen LogP contribution in [-0.4, -0.2) is 36.6 Å². The molecule has 160 valence electrons. The van der Waals surface area contributed by atoms with Crippen LogP contribution in [0.2, 0.25) is 0 Å². The minimum Gasteiger partial charge on any atom is -0.496 e. The minimum absolute atomic E-state index is 0.0656. The summed E-state index contributed by atoms with van der Waals surface area (Å²) in [6.07, 6.45) is 5.85. The van der Waals surface area contributed by atoms with Gasteiger partial charge in [-0.15, -0.1) is 0 Å². The first-order valence-electron chi connectivity index (χ1n) is 9.75. The second-order valence-corrected chi connectivity index (χ2v) is 8.98. The highest BCUT2D eigenvalue weighted by Crippen LogP contribution is 2.35. The predicted molar refractivity (Wildman–Crippen MR) is 113 cm³/mol. The maximum Gasteiger partial charge on any atom is 0.263 e. The van der Waals surface area contributed by atoms with Crippen molar-refractivity contribution in [2.75, 3.05) is 11.8 Å². The van der Waals surface area contributed by atoms with E-state index >= 15 is 0 Å². The Hall–Kier alpha value is -3.53. The molecule has 10 heteroatoms. The van der Waals surface area contributed by atoms with E-state index in [1.54, 1.807) is 29.1 Å². The van der Waals surface area contributed by atoms with Gasteiger partial charge in [0, 0.05) is 12.4 Å². The van der Waals surface area contributed by atoms with Crippen LogP contribution in [0.1, 0.15) is 18.4 Å². The standard InChI is InChI=1S/C21H20N4O5S/c1-28-18-11-14(13-25-10-2-9-22-25)12-19-20(18)21(23-30-19)24-31(26,27)17-7-5-16(6-8-17)29-15-3-4-15/h2,5-12,15H,3-4,13H2,1H3,(H,23,24). The average Bonchev–Trinajstić information content (AvgIpc) is 3.26. The lowest BCUT2D eigenvalue weighted by atomic mass is 10.1. The van der Waals surface area contributed by atoms with Gasteiger partial charge in [-0.05, 0) is 60.9 Å². The maximum atomic E-state index is 12.9. The van der Waals surface area contributed by atoms with E-state index in [2.05, 4.69) is 15.0 Å². The monoisotopic (exact) mass is 440 g/mol. The molecule has 0 unspecified atom stereocenters. The molecule has 1 aliphatic carbocycles. The lowest BCUT2D eigenvalue weighted by Crippen LogP contribution is -2.13. The largest absolute Gasteiger partial charge is 0.496 e. The molecule has 2 aromatic carbocycles. The van der Waals surface area contributed by atoms with Crippen LogP contribution in [0.4, 0.5) is 5.82 Å². The van der Waals surface area contributed by atoms with E-state index in [0.29, 0.717) is 29.0 Å². The minimum atomic E-state index is -3.88. The zero-order valence-corrected chi connectivity index (χ0v) is 17.5. The van der Waals surface area contributed by atoms with Gasteiger partial charge in [-0.25, -0.2) is 8.42 Å². The number of ether oxygens (including phenoxy) is 2. The Bertz CT molecular complexity index is 1310. The number of sulfonamides is 1. The van der Waals surface area contributed by atoms with Gasteiger partial charge in [0.05, 0.1) is 24.7 Å². The fourth-order valence-corrected chi connectivity index (χ4v) is 4.26. The van der Waals surface area contributed by atoms with Crippen LogP contribution in [0.3, 0.4) is 0 Å². The Morgan fingerprint density at radius 3 is 2.71 bits per heavy atom. The van der Waals surface area contributed by atoms with Crippen molar-refractivity contribution in [3.8, 4) is 11.5 Å². The summed E-state index contributed by atoms with van der Waals surface area (Å²) in [5.41, 5.74) is 1.29. The van der Waals surface area contributed by atoms with Crippen molar-refractivity contribution in [3.05, 3.63) is 60.4 Å². The van der Waals surface area contributed by atoms with E-state index in [-0.39, 0.29) is 16.8 Å². The summed E-state index contributed by atoms with van der Waals surface area (Å²) in [4.78, 5) is 0.0982. The van der Waals surface area contributed by atoms with Gasteiger partial charge in [-0.2, -0.15) is 5.10 Å². The molecule has 5 rings (SSSR count). The van der Waals surface area contributed by atoms with Crippen LogP contribution in [0, 0.1) is 0 Å². The second-order valence-electron chi connectivity index (χ2n) is 7.30. The first-order valence-corrected chi connectivity index (χ1v) is 11.2. The first kappa shape index (κ1) is 19.4. The molecule has 1 aliphatic rings. The quantitative estimate of drug-likeness (QED) is 0.447. The van der Waals surface area contributed by atoms with E-state index in [1.165, 1.54) is 19.2 Å². The van der Waals surface area contributed by atoms with Gasteiger partial charge < -0.3 is 14.0 Å². The Labute approximate surface area is 178 Å². The van der Waals surface area contributed by atoms with E-state index in [4.69, 9.17) is 14.0 Å². The molecule has 0 saturated heterocycles. The van der Waals surface area contributed by atoms with E-state index in [0.717, 1.165) is 18.4 Å². The molecule has 0 amide bonds. The second kappa shape index (κ2) is 7.62. The molecule has 0 aliphatic heterocycles. The summed E-state index contributed by atoms with van der Waals surface area (Å²) in [6, 6.07) is 11.7. The summed E-state index contributed by atoms with van der Waals surface area (Å²) in [6.45, 7) is 0.510. The van der Waals surface area contributed by atoms with Crippen molar-refractivity contribution in [1.29, 1.82) is 0 Å². The highest BCUT2D eigenvalue weighted by molar-refractivity contribution is 7.92. The van der Waals surface area contributed by atoms with Crippen molar-refractivity contribution in [1.82, 2.24) is 14.9 Å². The van der Waals surface area contributed by atoms with Gasteiger partial charge in [0.1, 0.15) is 16.9 Å². The van der Waals surface area contributed by atoms with Crippen LogP contribution in [-0.2, 0) is 16.6 Å². The summed E-state index contributed by atoms with van der Waals surface area (Å²) in [5, 5.41) is 8.56. The highest BCUT2D eigenvalue weighted by atomic mass is 32.2. The SMILES string of the molecule is COc1cc(Cn2cccn2)cc2onc(NS(=O)(=O)c3ccc(OC4CC4)cc3)c12. The normalized spacial score (nSPS) is 14.0. The number of fused-ring (bicyclic) bond motifs is 1. The van der Waals surface area contributed by atoms with Gasteiger partial charge in [0.15, 0.2) is 11.4 Å². The zero-order chi connectivity index (χ0) is 21.4. The zero-order valence-electron chi connectivity index (χ0n) is 16.7. The van der Waals surface area contributed by atoms with Crippen LogP contribution < -0.4 is 14.2 Å². The molecule has 1 saturated carbocycles. The molecule has 0 radical (unpaired) electrons. The maximum absolute atomic E-state index is 12.9. The topological polar surface area (TPSA) is 108 Å². The first-order chi connectivity index (χ1) is 15.0. The summed E-state index contributed by atoms with van der Waals surface area (Å²) >= 11 is 0. The molecular formula is C21H20N4O5S. The predicted octanol–water partition coefficient (Wildman–Crippen LogP) is 3.42. The van der Waals surface area contributed by atoms with Gasteiger partial charge in [-0.3, -0.25) is 9.40 Å². The number of aromatic nitrogens is 3. The van der Waals surface area contributed by atoms with Crippen molar-refractivity contribution < 1.29 is 22.4 Å². The Morgan fingerprint density at radius 1 is 1.23 bits per heavy atom. The van der Waals surface area contributed by atoms with Gasteiger partial charge in [0.25, 0.3) is 10.0 Å². The summed E-state index contributed by atoms with van der Waals surface area (Å²) in [7, 11) is -2.37. The number of nitrogens with one attached hydrogen (secondary N) is 1. The lowest BCUT2D eigenvalue weighted by molar-refractivity contribution is 0.303. The molecule has 0 atom stereocenters. The number of nitrogens with zero attached hydrogens (tertiary/aromatic N) is 3. The number of hydrogen-bond acceptors (Lipinski definition) is 7. The van der Waals surface area contributed by atoms with Crippen molar-refractivity contribution >= 4 is 26.8 Å². The van der Waals surface area contributed by atoms with Gasteiger partial charge in [0.2, 0.25) is 0 Å². The fraction of sp³-hybridized carbons (Fsp3) is 0.238. The third kappa shape index (κ3) is 4.06. The molecule has 9 nitrogen and oxygen atoms in total. The van der Waals surface area contributed by atoms with Crippen LogP contribution in [0.25, 0.3) is 11.0 Å². The summed E-state index contributed by atoms with van der Waals surface area (Å²) < 4.78 is 46.6. The van der Waals surface area contributed by atoms with Crippen LogP contribution in [0.5, 0.6) is 11.5 Å².